The number of hydrogen-bond acceptors (Lipinski definition) is 3. The van der Waals surface area contributed by atoms with Crippen LogP contribution in [0.1, 0.15) is 12.0 Å². The number of urea groups is 1. The first-order chi connectivity index (χ1) is 11.7. The van der Waals surface area contributed by atoms with Gasteiger partial charge in [-0.25, -0.2) is 9.78 Å². The van der Waals surface area contributed by atoms with E-state index in [9.17, 15) is 4.79 Å². The first-order valence-corrected chi connectivity index (χ1v) is 7.88. The van der Waals surface area contributed by atoms with Crippen molar-refractivity contribution in [1.29, 1.82) is 0 Å². The number of aromatic nitrogens is 2. The van der Waals surface area contributed by atoms with Crippen molar-refractivity contribution < 1.29 is 9.53 Å². The molecule has 0 bridgehead atoms. The van der Waals surface area contributed by atoms with Crippen LogP contribution in [0.15, 0.2) is 48.8 Å². The van der Waals surface area contributed by atoms with E-state index in [0.717, 1.165) is 28.9 Å². The van der Waals surface area contributed by atoms with Gasteiger partial charge in [-0.3, -0.25) is 0 Å². The summed E-state index contributed by atoms with van der Waals surface area (Å²) in [6, 6.07) is 13.2. The van der Waals surface area contributed by atoms with Crippen molar-refractivity contribution in [3.05, 3.63) is 54.4 Å². The number of imidazole rings is 1. The molecule has 6 heteroatoms. The summed E-state index contributed by atoms with van der Waals surface area (Å²) >= 11 is 0. The van der Waals surface area contributed by atoms with Gasteiger partial charge in [0.25, 0.3) is 0 Å². The SMILES string of the molecule is Cc1ccc(OCCCNC(=O)Nc2ccc3nc[nH]c3c2)cc1. The number of aromatic amines is 1. The summed E-state index contributed by atoms with van der Waals surface area (Å²) in [5, 5.41) is 5.61. The van der Waals surface area contributed by atoms with Gasteiger partial charge in [-0.1, -0.05) is 17.7 Å². The number of aryl methyl sites for hydroxylation is 1. The molecule has 124 valence electrons. The van der Waals surface area contributed by atoms with Crippen LogP contribution in [0, 0.1) is 6.92 Å². The number of carbonyl (C=O) groups is 1. The molecule has 0 atom stereocenters. The fourth-order valence-electron chi connectivity index (χ4n) is 2.29. The molecule has 3 aromatic rings. The van der Waals surface area contributed by atoms with Gasteiger partial charge in [0.2, 0.25) is 0 Å². The number of nitrogens with zero attached hydrogens (tertiary/aromatic N) is 1. The second-order valence-corrected chi connectivity index (χ2v) is 5.53. The number of hydrogen-bond donors (Lipinski definition) is 3. The number of ether oxygens (including phenoxy) is 1. The Bertz CT molecular complexity index is 811. The maximum atomic E-state index is 11.9. The van der Waals surface area contributed by atoms with Crippen molar-refractivity contribution in [3.63, 3.8) is 0 Å². The quantitative estimate of drug-likeness (QED) is 0.608. The Balaban J connectivity index is 1.37. The fourth-order valence-corrected chi connectivity index (χ4v) is 2.29. The van der Waals surface area contributed by atoms with E-state index in [2.05, 4.69) is 20.6 Å². The van der Waals surface area contributed by atoms with Crippen molar-refractivity contribution >= 4 is 22.8 Å². The molecule has 0 saturated heterocycles. The largest absolute Gasteiger partial charge is 0.494 e. The molecule has 24 heavy (non-hydrogen) atoms. The number of nitrogens with one attached hydrogen (secondary N) is 3. The van der Waals surface area contributed by atoms with Crippen LogP contribution in [0.5, 0.6) is 5.75 Å². The van der Waals surface area contributed by atoms with Gasteiger partial charge in [0.15, 0.2) is 0 Å². The number of rotatable bonds is 6. The highest BCUT2D eigenvalue weighted by Gasteiger charge is 2.03. The van der Waals surface area contributed by atoms with Crippen LogP contribution < -0.4 is 15.4 Å². The van der Waals surface area contributed by atoms with E-state index >= 15 is 0 Å². The van der Waals surface area contributed by atoms with Gasteiger partial charge in [-0.2, -0.15) is 0 Å². The number of anilines is 1. The lowest BCUT2D eigenvalue weighted by Crippen LogP contribution is -2.30. The van der Waals surface area contributed by atoms with E-state index in [-0.39, 0.29) is 6.03 Å². The average Bonchev–Trinajstić information content (AvgIpc) is 3.04. The van der Waals surface area contributed by atoms with Crippen molar-refractivity contribution in [2.75, 3.05) is 18.5 Å². The van der Waals surface area contributed by atoms with E-state index < -0.39 is 0 Å². The summed E-state index contributed by atoms with van der Waals surface area (Å²) in [6.07, 6.45) is 2.36. The van der Waals surface area contributed by atoms with Gasteiger partial charge in [0.05, 0.1) is 24.0 Å². The average molecular weight is 324 g/mol. The van der Waals surface area contributed by atoms with Crippen LogP contribution in [-0.2, 0) is 0 Å². The highest BCUT2D eigenvalue weighted by Crippen LogP contribution is 2.15. The molecular formula is C18H20N4O2. The van der Waals surface area contributed by atoms with Gasteiger partial charge < -0.3 is 20.4 Å². The van der Waals surface area contributed by atoms with E-state index in [1.165, 1.54) is 5.56 Å². The number of amides is 2. The Morgan fingerprint density at radius 1 is 1.21 bits per heavy atom. The van der Waals surface area contributed by atoms with E-state index in [1.807, 2.05) is 49.4 Å². The van der Waals surface area contributed by atoms with Crippen LogP contribution >= 0.6 is 0 Å². The van der Waals surface area contributed by atoms with Crippen LogP contribution in [0.4, 0.5) is 10.5 Å². The highest BCUT2D eigenvalue weighted by molar-refractivity contribution is 5.91. The predicted molar refractivity (Wildman–Crippen MR) is 94.4 cm³/mol. The van der Waals surface area contributed by atoms with E-state index in [1.54, 1.807) is 6.33 Å². The molecule has 0 unspecified atom stereocenters. The summed E-state index contributed by atoms with van der Waals surface area (Å²) in [4.78, 5) is 19.0. The zero-order valence-corrected chi connectivity index (χ0v) is 13.5. The van der Waals surface area contributed by atoms with Crippen molar-refractivity contribution in [1.82, 2.24) is 15.3 Å². The first kappa shape index (κ1) is 15.9. The van der Waals surface area contributed by atoms with Crippen molar-refractivity contribution in [2.45, 2.75) is 13.3 Å². The van der Waals surface area contributed by atoms with Gasteiger partial charge in [0, 0.05) is 12.2 Å². The second kappa shape index (κ2) is 7.50. The van der Waals surface area contributed by atoms with Gasteiger partial charge >= 0.3 is 6.03 Å². The third-order valence-electron chi connectivity index (χ3n) is 3.57. The molecule has 1 heterocycles. The standard InChI is InChI=1S/C18H20N4O2/c1-13-3-6-15(7-4-13)24-10-2-9-19-18(23)22-14-5-8-16-17(11-14)21-12-20-16/h3-8,11-12H,2,9-10H2,1H3,(H,20,21)(H2,19,22,23). The number of carbonyl (C=O) groups excluding carboxylic acids is 1. The summed E-state index contributed by atoms with van der Waals surface area (Å²) in [6.45, 7) is 3.14. The highest BCUT2D eigenvalue weighted by atomic mass is 16.5. The smallest absolute Gasteiger partial charge is 0.319 e. The molecule has 0 spiro atoms. The number of H-pyrrole nitrogens is 1. The molecule has 0 aliphatic heterocycles. The van der Waals surface area contributed by atoms with E-state index in [4.69, 9.17) is 4.74 Å². The molecule has 0 radical (unpaired) electrons. The summed E-state index contributed by atoms with van der Waals surface area (Å²) in [7, 11) is 0. The maximum absolute atomic E-state index is 11.9. The minimum absolute atomic E-state index is 0.232. The van der Waals surface area contributed by atoms with Crippen LogP contribution in [0.2, 0.25) is 0 Å². The zero-order valence-electron chi connectivity index (χ0n) is 13.5. The van der Waals surface area contributed by atoms with E-state index in [0.29, 0.717) is 13.2 Å². The Morgan fingerprint density at radius 2 is 2.04 bits per heavy atom. The summed E-state index contributed by atoms with van der Waals surface area (Å²) < 4.78 is 5.62. The Kier molecular flexibility index (Phi) is 4.96. The van der Waals surface area contributed by atoms with Crippen molar-refractivity contribution in [2.24, 2.45) is 0 Å². The number of fused-ring (bicyclic) bond motifs is 1. The van der Waals surface area contributed by atoms with Crippen LogP contribution in [0.25, 0.3) is 11.0 Å². The van der Waals surface area contributed by atoms with Gasteiger partial charge in [-0.15, -0.1) is 0 Å². The molecule has 6 nitrogen and oxygen atoms in total. The fraction of sp³-hybridized carbons (Fsp3) is 0.222. The Morgan fingerprint density at radius 3 is 2.88 bits per heavy atom. The molecule has 3 N–H and O–H groups in total. The first-order valence-electron chi connectivity index (χ1n) is 7.88. The maximum Gasteiger partial charge on any atom is 0.319 e. The normalized spacial score (nSPS) is 10.5. The van der Waals surface area contributed by atoms with Crippen molar-refractivity contribution in [3.8, 4) is 5.75 Å². The van der Waals surface area contributed by atoms with Gasteiger partial charge in [0.1, 0.15) is 5.75 Å². The lowest BCUT2D eigenvalue weighted by atomic mass is 10.2. The molecule has 0 aliphatic rings. The molecule has 0 saturated carbocycles. The van der Waals surface area contributed by atoms with Crippen LogP contribution in [-0.4, -0.2) is 29.2 Å². The predicted octanol–water partition coefficient (Wildman–Crippen LogP) is 3.46. The molecular weight excluding hydrogens is 304 g/mol. The van der Waals surface area contributed by atoms with Gasteiger partial charge in [-0.05, 0) is 43.7 Å². The lowest BCUT2D eigenvalue weighted by molar-refractivity contribution is 0.250. The Labute approximate surface area is 140 Å². The minimum atomic E-state index is -0.232. The molecule has 1 aromatic heterocycles. The summed E-state index contributed by atoms with van der Waals surface area (Å²) in [5.41, 5.74) is 3.68. The Hall–Kier alpha value is -3.02. The molecule has 0 aliphatic carbocycles. The monoisotopic (exact) mass is 324 g/mol. The third-order valence-corrected chi connectivity index (χ3v) is 3.57. The third kappa shape index (κ3) is 4.25. The molecule has 0 fully saturated rings. The molecule has 2 amide bonds. The second-order valence-electron chi connectivity index (χ2n) is 5.53. The molecule has 2 aromatic carbocycles. The zero-order chi connectivity index (χ0) is 16.8. The summed E-state index contributed by atoms with van der Waals surface area (Å²) in [5.74, 6) is 0.845. The number of benzene rings is 2. The van der Waals surface area contributed by atoms with Crippen LogP contribution in [0.3, 0.4) is 0 Å². The topological polar surface area (TPSA) is 79.0 Å². The molecule has 3 rings (SSSR count). The minimum Gasteiger partial charge on any atom is -0.494 e. The lowest BCUT2D eigenvalue weighted by Gasteiger charge is -2.09.